The molecule has 1 aromatic rings. The summed E-state index contributed by atoms with van der Waals surface area (Å²) < 4.78 is 62.2. The molecule has 208 valence electrons. The van der Waals surface area contributed by atoms with Crippen LogP contribution in [0.5, 0.6) is 0 Å². The third-order valence-corrected chi connectivity index (χ3v) is 7.03. The number of fused-ring (bicyclic) bond motifs is 1. The van der Waals surface area contributed by atoms with Crippen molar-refractivity contribution in [3.05, 3.63) is 64.3 Å². The number of rotatable bonds is 4. The lowest BCUT2D eigenvalue weighted by atomic mass is 9.91. The number of halogens is 4. The summed E-state index contributed by atoms with van der Waals surface area (Å²) in [6, 6.07) is 2.93. The molecular formula is C27H23F4N5O4. The summed E-state index contributed by atoms with van der Waals surface area (Å²) in [5, 5.41) is 12.1. The predicted octanol–water partition coefficient (Wildman–Crippen LogP) is 2.49. The van der Waals surface area contributed by atoms with Gasteiger partial charge in [-0.15, -0.1) is 0 Å². The number of carbonyl (C=O) groups excluding carboxylic acids is 3. The normalized spacial score (nSPS) is 22.7. The van der Waals surface area contributed by atoms with Crippen molar-refractivity contribution in [2.75, 3.05) is 44.3 Å². The zero-order valence-corrected chi connectivity index (χ0v) is 21.0. The van der Waals surface area contributed by atoms with Crippen LogP contribution in [0.1, 0.15) is 27.9 Å². The number of allylic oxidation sites excluding steroid dienone is 3. The predicted molar refractivity (Wildman–Crippen MR) is 134 cm³/mol. The van der Waals surface area contributed by atoms with Crippen molar-refractivity contribution in [2.45, 2.75) is 24.8 Å². The van der Waals surface area contributed by atoms with Crippen LogP contribution in [0, 0.1) is 11.3 Å². The highest BCUT2D eigenvalue weighted by atomic mass is 19.4. The summed E-state index contributed by atoms with van der Waals surface area (Å²) in [6.45, 7) is 0.868. The van der Waals surface area contributed by atoms with Crippen LogP contribution >= 0.6 is 0 Å². The molecular weight excluding hydrogens is 534 g/mol. The minimum Gasteiger partial charge on any atom is -0.378 e. The first kappa shape index (κ1) is 27.3. The summed E-state index contributed by atoms with van der Waals surface area (Å²) in [5.74, 6) is -2.13. The first-order valence-corrected chi connectivity index (χ1v) is 12.5. The van der Waals surface area contributed by atoms with Crippen LogP contribution in [0.3, 0.4) is 0 Å². The van der Waals surface area contributed by atoms with Crippen LogP contribution in [-0.2, 0) is 20.5 Å². The molecule has 2 atom stereocenters. The Morgan fingerprint density at radius 2 is 1.93 bits per heavy atom. The molecule has 40 heavy (non-hydrogen) atoms. The lowest BCUT2D eigenvalue weighted by Crippen LogP contribution is -2.42. The van der Waals surface area contributed by atoms with E-state index in [1.165, 1.54) is 28.0 Å². The van der Waals surface area contributed by atoms with Gasteiger partial charge in [0.1, 0.15) is 0 Å². The Kier molecular flexibility index (Phi) is 7.29. The molecule has 1 aromatic carbocycles. The maximum atomic E-state index is 14.3. The molecule has 13 heteroatoms. The summed E-state index contributed by atoms with van der Waals surface area (Å²) >= 11 is 0. The van der Waals surface area contributed by atoms with Crippen molar-refractivity contribution >= 4 is 29.1 Å². The topological polar surface area (TPSA) is 115 Å². The van der Waals surface area contributed by atoms with E-state index in [0.717, 1.165) is 12.1 Å². The Balaban J connectivity index is 1.42. The first-order valence-electron chi connectivity index (χ1n) is 12.5. The number of benzene rings is 1. The molecule has 4 aliphatic rings. The van der Waals surface area contributed by atoms with Crippen LogP contribution in [0.2, 0.25) is 0 Å². The summed E-state index contributed by atoms with van der Waals surface area (Å²) in [5.41, 5.74) is -2.14. The average molecular weight is 558 g/mol. The molecule has 0 aromatic heterocycles. The van der Waals surface area contributed by atoms with Gasteiger partial charge in [0.15, 0.2) is 6.17 Å². The van der Waals surface area contributed by atoms with Gasteiger partial charge in [0.05, 0.1) is 52.9 Å². The molecule has 3 amide bonds. The van der Waals surface area contributed by atoms with E-state index < -0.39 is 41.7 Å². The number of carbonyl (C=O) groups is 3. The van der Waals surface area contributed by atoms with Gasteiger partial charge in [-0.3, -0.25) is 14.4 Å². The third-order valence-electron chi connectivity index (χ3n) is 7.03. The molecule has 3 aliphatic heterocycles. The molecule has 0 saturated carbocycles. The highest BCUT2D eigenvalue weighted by Gasteiger charge is 2.41. The zero-order chi connectivity index (χ0) is 28.6. The fourth-order valence-electron chi connectivity index (χ4n) is 5.16. The van der Waals surface area contributed by atoms with Crippen LogP contribution in [-0.4, -0.2) is 79.9 Å². The fourth-order valence-corrected chi connectivity index (χ4v) is 5.16. The SMILES string of the molecule is N#Cc1cc(C(=O)N2CCOCC2)c(N2CC[C@H](NC(=O)C3=CC(=O)N=C4C3=CC=CC4F)C2)c(C(F)(F)F)c1. The van der Waals surface area contributed by atoms with Gasteiger partial charge >= 0.3 is 6.18 Å². The largest absolute Gasteiger partial charge is 0.418 e. The molecule has 1 unspecified atom stereocenters. The molecule has 5 rings (SSSR count). The number of amides is 3. The molecule has 9 nitrogen and oxygen atoms in total. The number of alkyl halides is 4. The number of morpholine rings is 1. The van der Waals surface area contributed by atoms with Gasteiger partial charge in [0, 0.05) is 43.9 Å². The summed E-state index contributed by atoms with van der Waals surface area (Å²) in [6.07, 6.45) is -1.23. The maximum Gasteiger partial charge on any atom is 0.418 e. The van der Waals surface area contributed by atoms with E-state index in [1.54, 1.807) is 6.07 Å². The van der Waals surface area contributed by atoms with Gasteiger partial charge in [0.2, 0.25) is 0 Å². The van der Waals surface area contributed by atoms with E-state index in [2.05, 4.69) is 10.3 Å². The van der Waals surface area contributed by atoms with E-state index in [4.69, 9.17) is 4.74 Å². The molecule has 1 aliphatic carbocycles. The molecule has 0 radical (unpaired) electrons. The second-order valence-electron chi connectivity index (χ2n) is 9.60. The monoisotopic (exact) mass is 557 g/mol. The van der Waals surface area contributed by atoms with E-state index in [0.29, 0.717) is 6.07 Å². The molecule has 2 fully saturated rings. The van der Waals surface area contributed by atoms with Gasteiger partial charge < -0.3 is 19.9 Å². The van der Waals surface area contributed by atoms with Crippen LogP contribution < -0.4 is 10.2 Å². The molecule has 0 spiro atoms. The summed E-state index contributed by atoms with van der Waals surface area (Å²) in [7, 11) is 0. The van der Waals surface area contributed by atoms with Crippen molar-refractivity contribution in [2.24, 2.45) is 4.99 Å². The van der Waals surface area contributed by atoms with Crippen LogP contribution in [0.15, 0.2) is 52.6 Å². The number of hydrogen-bond donors (Lipinski definition) is 1. The van der Waals surface area contributed by atoms with Crippen LogP contribution in [0.4, 0.5) is 23.2 Å². The van der Waals surface area contributed by atoms with E-state index in [9.17, 15) is 37.2 Å². The number of hydrogen-bond acceptors (Lipinski definition) is 6. The number of nitrogens with one attached hydrogen (secondary N) is 1. The van der Waals surface area contributed by atoms with Gasteiger partial charge in [-0.05, 0) is 24.6 Å². The minimum absolute atomic E-state index is 0.0724. The van der Waals surface area contributed by atoms with E-state index >= 15 is 0 Å². The highest BCUT2D eigenvalue weighted by molar-refractivity contribution is 6.24. The highest BCUT2D eigenvalue weighted by Crippen LogP contribution is 2.41. The van der Waals surface area contributed by atoms with E-state index in [-0.39, 0.29) is 79.5 Å². The van der Waals surface area contributed by atoms with E-state index in [1.807, 2.05) is 0 Å². The van der Waals surface area contributed by atoms with Gasteiger partial charge in [-0.1, -0.05) is 12.2 Å². The maximum absolute atomic E-state index is 14.3. The Labute approximate surface area is 226 Å². The number of anilines is 1. The van der Waals surface area contributed by atoms with Gasteiger partial charge in [-0.2, -0.15) is 18.4 Å². The minimum atomic E-state index is -4.86. The number of nitriles is 1. The molecule has 2 saturated heterocycles. The Hall–Kier alpha value is -4.31. The smallest absolute Gasteiger partial charge is 0.378 e. The van der Waals surface area contributed by atoms with Crippen molar-refractivity contribution in [3.63, 3.8) is 0 Å². The van der Waals surface area contributed by atoms with Gasteiger partial charge in [-0.25, -0.2) is 9.38 Å². The van der Waals surface area contributed by atoms with Crippen molar-refractivity contribution in [3.8, 4) is 6.07 Å². The molecule has 1 N–H and O–H groups in total. The number of nitrogens with zero attached hydrogens (tertiary/aromatic N) is 4. The van der Waals surface area contributed by atoms with Crippen molar-refractivity contribution in [1.29, 1.82) is 5.26 Å². The standard InChI is InChI=1S/C27H23F4N5O4/c28-21-3-1-2-17-18(12-22(37)34-23(17)21)25(38)33-16-4-5-36(14-16)24-19(26(39)35-6-8-40-9-7-35)10-15(13-32)11-20(24)27(29,30)31/h1-3,10-12,16,21H,4-9,14H2,(H,33,38)/t16-,21?/m0/s1. The van der Waals surface area contributed by atoms with Gasteiger partial charge in [0.25, 0.3) is 17.7 Å². The fraction of sp³-hybridized carbons (Fsp3) is 0.370. The molecule has 0 bridgehead atoms. The number of aliphatic imine (C=N–C) groups is 1. The first-order chi connectivity index (χ1) is 19.1. The Bertz CT molecular complexity index is 1430. The Morgan fingerprint density at radius 1 is 1.18 bits per heavy atom. The van der Waals surface area contributed by atoms with Crippen LogP contribution in [0.25, 0.3) is 0 Å². The quantitative estimate of drug-likeness (QED) is 0.569. The lowest BCUT2D eigenvalue weighted by Gasteiger charge is -2.31. The average Bonchev–Trinajstić information content (AvgIpc) is 3.40. The Morgan fingerprint density at radius 3 is 2.62 bits per heavy atom. The third kappa shape index (κ3) is 5.27. The number of dihydropyridines is 1. The zero-order valence-electron chi connectivity index (χ0n) is 21.0. The second kappa shape index (κ2) is 10.7. The molecule has 3 heterocycles. The lowest BCUT2D eigenvalue weighted by molar-refractivity contribution is -0.137. The van der Waals surface area contributed by atoms with Crippen molar-refractivity contribution < 1.29 is 36.7 Å². The second-order valence-corrected chi connectivity index (χ2v) is 9.60. The summed E-state index contributed by atoms with van der Waals surface area (Å²) in [4.78, 5) is 44.9. The van der Waals surface area contributed by atoms with Crippen molar-refractivity contribution in [1.82, 2.24) is 10.2 Å². The number of ether oxygens (including phenoxy) is 1.